The maximum atomic E-state index is 12.6. The number of aromatic nitrogens is 4. The third-order valence-electron chi connectivity index (χ3n) is 2.69. The normalized spacial score (nSPS) is 12.2. The topological polar surface area (TPSA) is 43.1 Å². The molecule has 0 amide bonds. The van der Waals surface area contributed by atoms with E-state index in [1.807, 2.05) is 0 Å². The molecule has 0 aliphatic carbocycles. The molecule has 0 unspecified atom stereocenters. The van der Waals surface area contributed by atoms with Crippen molar-refractivity contribution in [1.29, 1.82) is 0 Å². The maximum Gasteiger partial charge on any atom is 0.445 e. The third kappa shape index (κ3) is 2.70. The average Bonchev–Trinajstić information content (AvgIpc) is 2.94. The lowest BCUT2D eigenvalue weighted by atomic mass is 10.1. The highest BCUT2D eigenvalue weighted by Gasteiger charge is 2.36. The summed E-state index contributed by atoms with van der Waals surface area (Å²) < 4.78 is 39.0. The van der Waals surface area contributed by atoms with Crippen molar-refractivity contribution in [1.82, 2.24) is 19.8 Å². The van der Waals surface area contributed by atoms with Crippen LogP contribution in [0.25, 0.3) is 4.96 Å². The minimum atomic E-state index is -4.51. The van der Waals surface area contributed by atoms with Crippen molar-refractivity contribution in [3.05, 3.63) is 44.6 Å². The van der Waals surface area contributed by atoms with Crippen LogP contribution in [-0.4, -0.2) is 19.8 Å². The lowest BCUT2D eigenvalue weighted by molar-refractivity contribution is -0.138. The average molecular weight is 353 g/mol. The lowest BCUT2D eigenvalue weighted by Crippen LogP contribution is -2.06. The minimum Gasteiger partial charge on any atom is -0.187 e. The summed E-state index contributed by atoms with van der Waals surface area (Å²) in [5.74, 6) is 0.242. The van der Waals surface area contributed by atoms with Crippen molar-refractivity contribution in [3.63, 3.8) is 0 Å². The number of alkyl halides is 3. The van der Waals surface area contributed by atoms with Gasteiger partial charge in [0.2, 0.25) is 9.97 Å². The Bertz CT molecular complexity index is 791. The van der Waals surface area contributed by atoms with Gasteiger partial charge in [0.1, 0.15) is 0 Å². The number of hydrogen-bond acceptors (Lipinski definition) is 4. The fraction of sp³-hybridized carbons (Fsp3) is 0.182. The molecule has 0 radical (unpaired) electrons. The molecule has 0 saturated heterocycles. The molecule has 21 heavy (non-hydrogen) atoms. The first-order valence-corrected chi connectivity index (χ1v) is 7.14. The Balaban J connectivity index is 2.03. The van der Waals surface area contributed by atoms with Crippen molar-refractivity contribution in [2.75, 3.05) is 0 Å². The number of hydrogen-bond donors (Lipinski definition) is 0. The summed E-state index contributed by atoms with van der Waals surface area (Å²) in [7, 11) is 0. The van der Waals surface area contributed by atoms with Crippen LogP contribution in [0, 0.1) is 0 Å². The molecule has 0 aliphatic rings. The lowest BCUT2D eigenvalue weighted by Gasteiger charge is -2.04. The van der Waals surface area contributed by atoms with Crippen molar-refractivity contribution in [2.45, 2.75) is 12.6 Å². The Morgan fingerprint density at radius 2 is 1.81 bits per heavy atom. The molecule has 0 atom stereocenters. The highest BCUT2D eigenvalue weighted by Crippen LogP contribution is 2.33. The zero-order valence-electron chi connectivity index (χ0n) is 10.0. The smallest absolute Gasteiger partial charge is 0.187 e. The summed E-state index contributed by atoms with van der Waals surface area (Å²) in [5.41, 5.74) is 0.566. The second-order valence-electron chi connectivity index (χ2n) is 4.09. The fourth-order valence-electron chi connectivity index (χ4n) is 1.74. The van der Waals surface area contributed by atoms with Crippen LogP contribution < -0.4 is 0 Å². The molecular formula is C11H5Cl2F3N4S. The first-order chi connectivity index (χ1) is 9.86. The molecule has 0 bridgehead atoms. The molecule has 110 valence electrons. The van der Waals surface area contributed by atoms with Gasteiger partial charge in [-0.1, -0.05) is 40.6 Å². The van der Waals surface area contributed by atoms with Gasteiger partial charge in [0.15, 0.2) is 5.82 Å². The molecule has 0 spiro atoms. The largest absolute Gasteiger partial charge is 0.445 e. The Morgan fingerprint density at radius 3 is 2.43 bits per heavy atom. The van der Waals surface area contributed by atoms with Crippen LogP contribution in [0.3, 0.4) is 0 Å². The molecule has 0 N–H and O–H groups in total. The number of rotatable bonds is 2. The zero-order valence-corrected chi connectivity index (χ0v) is 12.4. The van der Waals surface area contributed by atoms with Crippen LogP contribution in [0.2, 0.25) is 10.0 Å². The van der Waals surface area contributed by atoms with Crippen LogP contribution in [0.4, 0.5) is 13.2 Å². The van der Waals surface area contributed by atoms with E-state index in [-0.39, 0.29) is 17.2 Å². The molecule has 0 saturated carbocycles. The van der Waals surface area contributed by atoms with Crippen LogP contribution >= 0.6 is 34.5 Å². The maximum absolute atomic E-state index is 12.6. The van der Waals surface area contributed by atoms with E-state index in [2.05, 4.69) is 15.3 Å². The van der Waals surface area contributed by atoms with Crippen molar-refractivity contribution >= 4 is 39.5 Å². The molecule has 0 fully saturated rings. The molecule has 10 heteroatoms. The van der Waals surface area contributed by atoms with Crippen molar-refractivity contribution in [2.24, 2.45) is 0 Å². The molecular weight excluding hydrogens is 348 g/mol. The molecule has 3 aromatic rings. The van der Waals surface area contributed by atoms with Gasteiger partial charge in [-0.15, -0.1) is 15.3 Å². The Morgan fingerprint density at radius 1 is 1.14 bits per heavy atom. The second-order valence-corrected chi connectivity index (χ2v) is 5.86. The van der Waals surface area contributed by atoms with Gasteiger partial charge in [-0.05, 0) is 17.7 Å². The Kier molecular flexibility index (Phi) is 3.54. The van der Waals surface area contributed by atoms with Gasteiger partial charge in [0.25, 0.3) is 0 Å². The molecule has 4 nitrogen and oxygen atoms in total. The summed E-state index contributed by atoms with van der Waals surface area (Å²) in [6, 6.07) is 4.96. The van der Waals surface area contributed by atoms with Gasteiger partial charge in [0, 0.05) is 16.5 Å². The van der Waals surface area contributed by atoms with E-state index in [1.165, 1.54) is 0 Å². The predicted octanol–water partition coefficient (Wildman–Crippen LogP) is 4.10. The van der Waals surface area contributed by atoms with E-state index in [9.17, 15) is 13.2 Å². The summed E-state index contributed by atoms with van der Waals surface area (Å²) in [5, 5.41) is 10.9. The van der Waals surface area contributed by atoms with Crippen LogP contribution in [0.15, 0.2) is 18.2 Å². The summed E-state index contributed by atoms with van der Waals surface area (Å²) >= 11 is 12.5. The van der Waals surface area contributed by atoms with Gasteiger partial charge in [-0.2, -0.15) is 17.7 Å². The zero-order chi connectivity index (χ0) is 15.2. The third-order valence-corrected chi connectivity index (χ3v) is 4.35. The van der Waals surface area contributed by atoms with Crippen LogP contribution in [0.5, 0.6) is 0 Å². The van der Waals surface area contributed by atoms with Crippen molar-refractivity contribution < 1.29 is 13.2 Å². The Labute approximate surface area is 130 Å². The highest BCUT2D eigenvalue weighted by molar-refractivity contribution is 7.16. The van der Waals surface area contributed by atoms with Crippen molar-refractivity contribution in [3.8, 4) is 0 Å². The van der Waals surface area contributed by atoms with E-state index < -0.39 is 11.2 Å². The summed E-state index contributed by atoms with van der Waals surface area (Å²) in [4.78, 5) is 0.0699. The van der Waals surface area contributed by atoms with Gasteiger partial charge >= 0.3 is 6.18 Å². The van der Waals surface area contributed by atoms with Gasteiger partial charge in [-0.3, -0.25) is 0 Å². The monoisotopic (exact) mass is 352 g/mol. The second kappa shape index (κ2) is 5.11. The van der Waals surface area contributed by atoms with E-state index in [1.54, 1.807) is 18.2 Å². The molecule has 0 aliphatic heterocycles. The van der Waals surface area contributed by atoms with E-state index in [0.29, 0.717) is 26.9 Å². The van der Waals surface area contributed by atoms with Gasteiger partial charge in [-0.25, -0.2) is 0 Å². The summed E-state index contributed by atoms with van der Waals surface area (Å²) in [6.07, 6.45) is -4.37. The SMILES string of the molecule is FC(F)(F)c1nn2c(Cc3c(Cl)cccc3Cl)nnc2s1. The standard InChI is InChI=1S/C11H5Cl2F3N4S/c12-6-2-1-3-7(13)5(6)4-8-17-18-10-20(8)19-9(21-10)11(14,15)16/h1-3H,4H2. The number of halogens is 5. The molecule has 1 aromatic carbocycles. The molecule has 3 rings (SSSR count). The van der Waals surface area contributed by atoms with E-state index in [0.717, 1.165) is 4.52 Å². The van der Waals surface area contributed by atoms with E-state index in [4.69, 9.17) is 23.2 Å². The Hall–Kier alpha value is -1.38. The number of benzene rings is 1. The number of nitrogens with zero attached hydrogens (tertiary/aromatic N) is 4. The van der Waals surface area contributed by atoms with Crippen LogP contribution in [-0.2, 0) is 12.6 Å². The fourth-order valence-corrected chi connectivity index (χ4v) is 3.00. The minimum absolute atomic E-state index is 0.0699. The first kappa shape index (κ1) is 14.6. The van der Waals surface area contributed by atoms with E-state index >= 15 is 0 Å². The number of fused-ring (bicyclic) bond motifs is 1. The first-order valence-electron chi connectivity index (χ1n) is 5.57. The predicted molar refractivity (Wildman–Crippen MR) is 72.9 cm³/mol. The molecule has 2 heterocycles. The summed E-state index contributed by atoms with van der Waals surface area (Å²) in [6.45, 7) is 0. The highest BCUT2D eigenvalue weighted by atomic mass is 35.5. The van der Waals surface area contributed by atoms with Crippen LogP contribution in [0.1, 0.15) is 16.4 Å². The van der Waals surface area contributed by atoms with Gasteiger partial charge < -0.3 is 0 Å². The molecule has 2 aromatic heterocycles. The quantitative estimate of drug-likeness (QED) is 0.697. The van der Waals surface area contributed by atoms with Gasteiger partial charge in [0.05, 0.1) is 0 Å².